The predicted octanol–water partition coefficient (Wildman–Crippen LogP) is -0.217. The maximum Gasteiger partial charge on any atom is 0.326 e. The van der Waals surface area contributed by atoms with E-state index in [1.54, 1.807) is 0 Å². The summed E-state index contributed by atoms with van der Waals surface area (Å²) in [6.07, 6.45) is 2.10. The first-order chi connectivity index (χ1) is 8.99. The molecule has 1 rings (SSSR count). The van der Waals surface area contributed by atoms with E-state index in [1.165, 1.54) is 0 Å². The lowest BCUT2D eigenvalue weighted by Crippen LogP contribution is -2.47. The molecule has 0 aromatic carbocycles. The van der Waals surface area contributed by atoms with Crippen molar-refractivity contribution in [2.45, 2.75) is 37.8 Å². The summed E-state index contributed by atoms with van der Waals surface area (Å²) in [5, 5.41) is 21.8. The van der Waals surface area contributed by atoms with Gasteiger partial charge < -0.3 is 25.6 Å². The van der Waals surface area contributed by atoms with Gasteiger partial charge in [0.1, 0.15) is 6.04 Å². The number of hydrogen-bond donors (Lipinski definition) is 4. The number of rotatable bonds is 7. The Kier molecular flexibility index (Phi) is 6.07. The highest BCUT2D eigenvalue weighted by Gasteiger charge is 2.23. The molecule has 0 aliphatic carbocycles. The van der Waals surface area contributed by atoms with Gasteiger partial charge in [-0.3, -0.25) is 4.79 Å². The van der Waals surface area contributed by atoms with Crippen molar-refractivity contribution in [1.29, 1.82) is 0 Å². The number of ether oxygens (including phenoxy) is 1. The van der Waals surface area contributed by atoms with E-state index in [4.69, 9.17) is 14.9 Å². The Bertz CT molecular complexity index is 340. The van der Waals surface area contributed by atoms with Crippen LogP contribution in [0.25, 0.3) is 0 Å². The first kappa shape index (κ1) is 15.2. The van der Waals surface area contributed by atoms with Gasteiger partial charge in [-0.05, 0) is 19.3 Å². The zero-order valence-corrected chi connectivity index (χ0v) is 10.4. The Morgan fingerprint density at radius 3 is 2.58 bits per heavy atom. The minimum atomic E-state index is -1.43. The molecule has 1 aliphatic rings. The topological polar surface area (TPSA) is 125 Å². The number of aliphatic carboxylic acids is 2. The molecule has 2 atom stereocenters. The number of carboxylic acid groups (broad SMARTS) is 2. The summed E-state index contributed by atoms with van der Waals surface area (Å²) in [6, 6.07) is -2.12. The minimum absolute atomic E-state index is 0.134. The van der Waals surface area contributed by atoms with Crippen molar-refractivity contribution in [2.24, 2.45) is 0 Å². The summed E-state index contributed by atoms with van der Waals surface area (Å²) in [7, 11) is 0. The van der Waals surface area contributed by atoms with Crippen molar-refractivity contribution >= 4 is 18.0 Å². The second-order valence-corrected chi connectivity index (χ2v) is 4.31. The summed E-state index contributed by atoms with van der Waals surface area (Å²) in [5.41, 5.74) is 0. The minimum Gasteiger partial charge on any atom is -0.481 e. The standard InChI is InChI=1S/C11H18N2O6/c14-9(15)6-8(10(16)17)13-11(18)12-4-3-7-2-1-5-19-7/h7-8H,1-6H2,(H,14,15)(H,16,17)(H2,12,13,18)/t7?,8-/m0/s1. The van der Waals surface area contributed by atoms with Gasteiger partial charge >= 0.3 is 18.0 Å². The Labute approximate surface area is 110 Å². The van der Waals surface area contributed by atoms with E-state index < -0.39 is 30.4 Å². The molecule has 8 nitrogen and oxygen atoms in total. The number of carbonyl (C=O) groups excluding carboxylic acids is 1. The molecule has 0 radical (unpaired) electrons. The molecule has 2 amide bonds. The maximum atomic E-state index is 11.4. The molecule has 1 unspecified atom stereocenters. The van der Waals surface area contributed by atoms with Crippen LogP contribution in [0.15, 0.2) is 0 Å². The average Bonchev–Trinajstić information content (AvgIpc) is 2.80. The molecule has 4 N–H and O–H groups in total. The molecular weight excluding hydrogens is 256 g/mol. The lowest BCUT2D eigenvalue weighted by atomic mass is 10.2. The fourth-order valence-corrected chi connectivity index (χ4v) is 1.80. The third kappa shape index (κ3) is 6.05. The van der Waals surface area contributed by atoms with Crippen molar-refractivity contribution in [3.05, 3.63) is 0 Å². The first-order valence-electron chi connectivity index (χ1n) is 6.09. The number of carboxylic acids is 2. The van der Waals surface area contributed by atoms with Crippen LogP contribution in [0, 0.1) is 0 Å². The first-order valence-corrected chi connectivity index (χ1v) is 6.09. The van der Waals surface area contributed by atoms with Crippen molar-refractivity contribution < 1.29 is 29.3 Å². The van der Waals surface area contributed by atoms with E-state index in [-0.39, 0.29) is 6.10 Å². The van der Waals surface area contributed by atoms with Crippen LogP contribution >= 0.6 is 0 Å². The molecule has 108 valence electrons. The van der Waals surface area contributed by atoms with Gasteiger partial charge in [-0.1, -0.05) is 0 Å². The van der Waals surface area contributed by atoms with Crippen LogP contribution in [0.4, 0.5) is 4.79 Å². The fourth-order valence-electron chi connectivity index (χ4n) is 1.80. The van der Waals surface area contributed by atoms with Gasteiger partial charge in [0.15, 0.2) is 0 Å². The lowest BCUT2D eigenvalue weighted by molar-refractivity contribution is -0.145. The summed E-state index contributed by atoms with van der Waals surface area (Å²) in [5.74, 6) is -2.66. The Morgan fingerprint density at radius 1 is 1.32 bits per heavy atom. The molecule has 1 saturated heterocycles. The van der Waals surface area contributed by atoms with E-state index >= 15 is 0 Å². The van der Waals surface area contributed by atoms with Crippen LogP contribution in [-0.4, -0.2) is 53.5 Å². The van der Waals surface area contributed by atoms with Crippen molar-refractivity contribution in [2.75, 3.05) is 13.2 Å². The van der Waals surface area contributed by atoms with Gasteiger partial charge in [0.05, 0.1) is 12.5 Å². The zero-order valence-electron chi connectivity index (χ0n) is 10.4. The number of amides is 2. The molecule has 1 aliphatic heterocycles. The molecular formula is C11H18N2O6. The maximum absolute atomic E-state index is 11.4. The van der Waals surface area contributed by atoms with Crippen LogP contribution < -0.4 is 10.6 Å². The second-order valence-electron chi connectivity index (χ2n) is 4.31. The molecule has 19 heavy (non-hydrogen) atoms. The molecule has 0 aromatic heterocycles. The van der Waals surface area contributed by atoms with Crippen molar-refractivity contribution in [1.82, 2.24) is 10.6 Å². The van der Waals surface area contributed by atoms with Crippen LogP contribution in [0.2, 0.25) is 0 Å². The molecule has 8 heteroatoms. The third-order valence-corrected chi connectivity index (χ3v) is 2.76. The van der Waals surface area contributed by atoms with E-state index in [0.717, 1.165) is 19.4 Å². The molecule has 0 saturated carbocycles. The van der Waals surface area contributed by atoms with Gasteiger partial charge in [0.2, 0.25) is 0 Å². The monoisotopic (exact) mass is 274 g/mol. The van der Waals surface area contributed by atoms with Gasteiger partial charge in [-0.15, -0.1) is 0 Å². The third-order valence-electron chi connectivity index (χ3n) is 2.76. The normalized spacial score (nSPS) is 19.7. The predicted molar refractivity (Wildman–Crippen MR) is 63.8 cm³/mol. The van der Waals surface area contributed by atoms with E-state index in [1.807, 2.05) is 0 Å². The Balaban J connectivity index is 2.23. The largest absolute Gasteiger partial charge is 0.481 e. The van der Waals surface area contributed by atoms with Crippen molar-refractivity contribution in [3.8, 4) is 0 Å². The number of nitrogens with one attached hydrogen (secondary N) is 2. The lowest BCUT2D eigenvalue weighted by Gasteiger charge is -2.14. The van der Waals surface area contributed by atoms with E-state index in [0.29, 0.717) is 13.0 Å². The van der Waals surface area contributed by atoms with E-state index in [9.17, 15) is 14.4 Å². The highest BCUT2D eigenvalue weighted by molar-refractivity contribution is 5.86. The van der Waals surface area contributed by atoms with Crippen LogP contribution in [0.1, 0.15) is 25.7 Å². The van der Waals surface area contributed by atoms with Gasteiger partial charge in [0.25, 0.3) is 0 Å². The Hall–Kier alpha value is -1.83. The van der Waals surface area contributed by atoms with Crippen molar-refractivity contribution in [3.63, 3.8) is 0 Å². The summed E-state index contributed by atoms with van der Waals surface area (Å²) >= 11 is 0. The molecule has 1 fully saturated rings. The summed E-state index contributed by atoms with van der Waals surface area (Å²) in [4.78, 5) is 32.6. The smallest absolute Gasteiger partial charge is 0.326 e. The highest BCUT2D eigenvalue weighted by atomic mass is 16.5. The summed E-state index contributed by atoms with van der Waals surface area (Å²) < 4.78 is 5.36. The van der Waals surface area contributed by atoms with Crippen LogP contribution in [0.3, 0.4) is 0 Å². The molecule has 0 spiro atoms. The summed E-state index contributed by atoms with van der Waals surface area (Å²) in [6.45, 7) is 1.09. The number of hydrogen-bond acceptors (Lipinski definition) is 4. The Morgan fingerprint density at radius 2 is 2.05 bits per heavy atom. The molecule has 1 heterocycles. The quantitative estimate of drug-likeness (QED) is 0.508. The van der Waals surface area contributed by atoms with E-state index in [2.05, 4.69) is 10.6 Å². The SMILES string of the molecule is O=C(O)C[C@H](NC(=O)NCCC1CCCO1)C(=O)O. The van der Waals surface area contributed by atoms with Crippen LogP contribution in [-0.2, 0) is 14.3 Å². The average molecular weight is 274 g/mol. The zero-order chi connectivity index (χ0) is 14.3. The second kappa shape index (κ2) is 7.57. The molecule has 0 aromatic rings. The number of carbonyl (C=O) groups is 3. The van der Waals surface area contributed by atoms with Gasteiger partial charge in [-0.2, -0.15) is 0 Å². The van der Waals surface area contributed by atoms with Gasteiger partial charge in [0, 0.05) is 13.2 Å². The fraction of sp³-hybridized carbons (Fsp3) is 0.727. The van der Waals surface area contributed by atoms with Crippen LogP contribution in [0.5, 0.6) is 0 Å². The van der Waals surface area contributed by atoms with Gasteiger partial charge in [-0.25, -0.2) is 9.59 Å². The number of urea groups is 1. The molecule has 0 bridgehead atoms. The highest BCUT2D eigenvalue weighted by Crippen LogP contribution is 2.14.